The molecule has 0 saturated carbocycles. The van der Waals surface area contributed by atoms with Gasteiger partial charge in [-0.05, 0) is 54.1 Å². The van der Waals surface area contributed by atoms with Crippen LogP contribution in [-0.4, -0.2) is 23.9 Å². The Kier molecular flexibility index (Phi) is 5.14. The molecule has 0 radical (unpaired) electrons. The van der Waals surface area contributed by atoms with Gasteiger partial charge >= 0.3 is 5.97 Å². The zero-order valence-electron chi connectivity index (χ0n) is 17.6. The van der Waals surface area contributed by atoms with Crippen LogP contribution in [0.1, 0.15) is 18.5 Å². The third-order valence-corrected chi connectivity index (χ3v) is 5.69. The number of fused-ring (bicyclic) bond motifs is 1. The fraction of sp³-hybridized carbons (Fsp3) is 0.160. The molecule has 7 nitrogen and oxygen atoms in total. The van der Waals surface area contributed by atoms with Crippen LogP contribution in [0.25, 0.3) is 0 Å². The summed E-state index contributed by atoms with van der Waals surface area (Å²) in [6.45, 7) is 1.29. The third kappa shape index (κ3) is 3.64. The molecule has 0 unspecified atom stereocenters. The predicted molar refractivity (Wildman–Crippen MR) is 117 cm³/mol. The SMILES string of the molecule is CC(=O)Oc1ccc(N2C(=O)[C@H]3[C@@H](ON(c4ccccc4)[C@H]3c3ccc(F)cc3)C2=O)cc1. The molecule has 2 amide bonds. The number of rotatable bonds is 4. The van der Waals surface area contributed by atoms with E-state index in [4.69, 9.17) is 9.57 Å². The number of anilines is 2. The van der Waals surface area contributed by atoms with Crippen molar-refractivity contribution < 1.29 is 28.3 Å². The number of imide groups is 1. The molecule has 2 aliphatic rings. The number of para-hydroxylation sites is 1. The highest BCUT2D eigenvalue weighted by molar-refractivity contribution is 6.23. The summed E-state index contributed by atoms with van der Waals surface area (Å²) in [4.78, 5) is 45.1. The van der Waals surface area contributed by atoms with Gasteiger partial charge in [-0.3, -0.25) is 19.2 Å². The molecule has 2 aliphatic heterocycles. The molecule has 166 valence electrons. The normalized spacial score (nSPS) is 21.9. The molecule has 2 saturated heterocycles. The van der Waals surface area contributed by atoms with Crippen molar-refractivity contribution in [2.75, 3.05) is 9.96 Å². The van der Waals surface area contributed by atoms with Crippen molar-refractivity contribution in [2.24, 2.45) is 5.92 Å². The van der Waals surface area contributed by atoms with Crippen molar-refractivity contribution in [1.29, 1.82) is 0 Å². The highest BCUT2D eigenvalue weighted by Gasteiger charge is 2.60. The summed E-state index contributed by atoms with van der Waals surface area (Å²) in [5.74, 6) is -2.29. The lowest BCUT2D eigenvalue weighted by atomic mass is 9.90. The first-order valence-electron chi connectivity index (χ1n) is 10.4. The Morgan fingerprint density at radius 1 is 0.879 bits per heavy atom. The Morgan fingerprint density at radius 2 is 1.55 bits per heavy atom. The number of esters is 1. The van der Waals surface area contributed by atoms with E-state index in [-0.39, 0.29) is 0 Å². The predicted octanol–water partition coefficient (Wildman–Crippen LogP) is 3.80. The quantitative estimate of drug-likeness (QED) is 0.345. The van der Waals surface area contributed by atoms with E-state index >= 15 is 0 Å². The van der Waals surface area contributed by atoms with Crippen molar-refractivity contribution in [3.63, 3.8) is 0 Å². The third-order valence-electron chi connectivity index (χ3n) is 5.69. The number of carbonyl (C=O) groups excluding carboxylic acids is 3. The zero-order chi connectivity index (χ0) is 23.1. The average Bonchev–Trinajstić information content (AvgIpc) is 3.31. The first-order valence-corrected chi connectivity index (χ1v) is 10.4. The lowest BCUT2D eigenvalue weighted by molar-refractivity contribution is -0.132. The van der Waals surface area contributed by atoms with Crippen molar-refractivity contribution in [3.05, 3.63) is 90.2 Å². The lowest BCUT2D eigenvalue weighted by Crippen LogP contribution is -2.37. The summed E-state index contributed by atoms with van der Waals surface area (Å²) in [6, 6.07) is 20.4. The van der Waals surface area contributed by atoms with E-state index in [9.17, 15) is 18.8 Å². The number of ether oxygens (including phenoxy) is 1. The van der Waals surface area contributed by atoms with Gasteiger partial charge in [0, 0.05) is 6.92 Å². The highest BCUT2D eigenvalue weighted by Crippen LogP contribution is 2.47. The topological polar surface area (TPSA) is 76.2 Å². The molecule has 8 heteroatoms. The van der Waals surface area contributed by atoms with E-state index in [1.54, 1.807) is 17.2 Å². The first-order chi connectivity index (χ1) is 15.9. The molecule has 2 heterocycles. The van der Waals surface area contributed by atoms with Crippen LogP contribution in [0.3, 0.4) is 0 Å². The number of benzene rings is 3. The van der Waals surface area contributed by atoms with Gasteiger partial charge in [0.05, 0.1) is 17.4 Å². The fourth-order valence-corrected chi connectivity index (χ4v) is 4.30. The summed E-state index contributed by atoms with van der Waals surface area (Å²) >= 11 is 0. The summed E-state index contributed by atoms with van der Waals surface area (Å²) < 4.78 is 18.6. The largest absolute Gasteiger partial charge is 0.427 e. The van der Waals surface area contributed by atoms with Crippen molar-refractivity contribution in [1.82, 2.24) is 0 Å². The van der Waals surface area contributed by atoms with Gasteiger partial charge in [0.1, 0.15) is 17.5 Å². The monoisotopic (exact) mass is 446 g/mol. The minimum atomic E-state index is -1.03. The van der Waals surface area contributed by atoms with Gasteiger partial charge in [-0.1, -0.05) is 30.3 Å². The Hall–Kier alpha value is -4.04. The number of nitrogens with zero attached hydrogens (tertiary/aromatic N) is 2. The molecule has 0 spiro atoms. The molecule has 5 rings (SSSR count). The Labute approximate surface area is 188 Å². The highest BCUT2D eigenvalue weighted by atomic mass is 19.1. The van der Waals surface area contributed by atoms with Crippen LogP contribution < -0.4 is 14.7 Å². The molecule has 0 aliphatic carbocycles. The maximum atomic E-state index is 13.6. The van der Waals surface area contributed by atoms with Crippen molar-refractivity contribution in [2.45, 2.75) is 19.1 Å². The van der Waals surface area contributed by atoms with Crippen LogP contribution in [0.2, 0.25) is 0 Å². The standard InChI is InChI=1S/C25H19FN2O5/c1-15(29)32-20-13-11-18(12-14-20)27-24(30)21-22(16-7-9-17(26)10-8-16)28(33-23(21)25(27)31)19-5-3-2-4-6-19/h2-14,21-23H,1H3/t21-,22+,23-/m1/s1. The van der Waals surface area contributed by atoms with E-state index < -0.39 is 41.7 Å². The molecule has 3 aromatic carbocycles. The van der Waals surface area contributed by atoms with Crippen LogP contribution >= 0.6 is 0 Å². The first kappa shape index (κ1) is 20.8. The smallest absolute Gasteiger partial charge is 0.308 e. The molecule has 0 N–H and O–H groups in total. The van der Waals surface area contributed by atoms with E-state index in [0.29, 0.717) is 22.7 Å². The number of hydrogen-bond acceptors (Lipinski definition) is 6. The number of amides is 2. The molecule has 3 atom stereocenters. The molecule has 33 heavy (non-hydrogen) atoms. The van der Waals surface area contributed by atoms with Crippen molar-refractivity contribution in [3.8, 4) is 5.75 Å². The molecule has 0 aromatic heterocycles. The summed E-state index contributed by atoms with van der Waals surface area (Å²) in [5, 5.41) is 1.56. The van der Waals surface area contributed by atoms with Gasteiger partial charge in [0.2, 0.25) is 5.91 Å². The minimum Gasteiger partial charge on any atom is -0.427 e. The van der Waals surface area contributed by atoms with Gasteiger partial charge in [0.15, 0.2) is 6.10 Å². The van der Waals surface area contributed by atoms with Gasteiger partial charge in [-0.2, -0.15) is 0 Å². The lowest BCUT2D eigenvalue weighted by Gasteiger charge is -2.28. The van der Waals surface area contributed by atoms with E-state index in [1.165, 1.54) is 43.3 Å². The Balaban J connectivity index is 1.51. The van der Waals surface area contributed by atoms with Crippen LogP contribution in [0.15, 0.2) is 78.9 Å². The Bertz CT molecular complexity index is 1210. The van der Waals surface area contributed by atoms with Crippen LogP contribution in [-0.2, 0) is 19.2 Å². The minimum absolute atomic E-state index is 0.307. The summed E-state index contributed by atoms with van der Waals surface area (Å²) in [7, 11) is 0. The van der Waals surface area contributed by atoms with Crippen LogP contribution in [0, 0.1) is 11.7 Å². The second-order valence-electron chi connectivity index (χ2n) is 7.81. The molecule has 0 bridgehead atoms. The fourth-order valence-electron chi connectivity index (χ4n) is 4.30. The van der Waals surface area contributed by atoms with Gasteiger partial charge in [-0.25, -0.2) is 14.4 Å². The Morgan fingerprint density at radius 3 is 2.18 bits per heavy atom. The maximum Gasteiger partial charge on any atom is 0.308 e. The summed E-state index contributed by atoms with van der Waals surface area (Å²) in [5.41, 5.74) is 1.68. The van der Waals surface area contributed by atoms with Crippen molar-refractivity contribution >= 4 is 29.2 Å². The van der Waals surface area contributed by atoms with Gasteiger partial charge < -0.3 is 4.74 Å². The number of hydroxylamine groups is 1. The summed E-state index contributed by atoms with van der Waals surface area (Å²) in [6.07, 6.45) is -1.03. The molecular formula is C25H19FN2O5. The molecule has 2 fully saturated rings. The van der Waals surface area contributed by atoms with E-state index in [2.05, 4.69) is 0 Å². The molecular weight excluding hydrogens is 427 g/mol. The second-order valence-corrected chi connectivity index (χ2v) is 7.81. The van der Waals surface area contributed by atoms with Crippen LogP contribution in [0.4, 0.5) is 15.8 Å². The van der Waals surface area contributed by atoms with E-state index in [0.717, 1.165) is 4.90 Å². The van der Waals surface area contributed by atoms with Gasteiger partial charge in [-0.15, -0.1) is 0 Å². The molecule has 3 aromatic rings. The maximum absolute atomic E-state index is 13.6. The number of halogens is 1. The number of hydrogen-bond donors (Lipinski definition) is 0. The zero-order valence-corrected chi connectivity index (χ0v) is 17.6. The number of carbonyl (C=O) groups is 3. The van der Waals surface area contributed by atoms with Gasteiger partial charge in [0.25, 0.3) is 5.91 Å². The van der Waals surface area contributed by atoms with E-state index in [1.807, 2.05) is 30.3 Å². The van der Waals surface area contributed by atoms with Crippen LogP contribution in [0.5, 0.6) is 5.75 Å². The average molecular weight is 446 g/mol. The second kappa shape index (κ2) is 8.14.